The van der Waals surface area contributed by atoms with Gasteiger partial charge in [0.1, 0.15) is 5.52 Å². The Morgan fingerprint density at radius 1 is 1.45 bits per heavy atom. The Morgan fingerprint density at radius 3 is 2.90 bits per heavy atom. The molecule has 6 heteroatoms. The van der Waals surface area contributed by atoms with E-state index in [0.717, 1.165) is 36.2 Å². The number of imidazole rings is 1. The van der Waals surface area contributed by atoms with Crippen molar-refractivity contribution in [2.24, 2.45) is 7.05 Å². The van der Waals surface area contributed by atoms with Crippen molar-refractivity contribution in [1.82, 2.24) is 19.3 Å². The van der Waals surface area contributed by atoms with Gasteiger partial charge in [-0.15, -0.1) is 0 Å². The molecule has 2 N–H and O–H groups in total. The average molecular weight is 293 g/mol. The molecule has 0 amide bonds. The Labute approximate surface area is 123 Å². The van der Waals surface area contributed by atoms with Crippen LogP contribution in [0.15, 0.2) is 0 Å². The summed E-state index contributed by atoms with van der Waals surface area (Å²) < 4.78 is 4.36. The van der Waals surface area contributed by atoms with Crippen LogP contribution in [-0.4, -0.2) is 29.8 Å². The SMILES string of the molecule is CCCc1nn(C)c2c1nc(N)n2CC1(C)CCCS1. The molecule has 1 saturated heterocycles. The van der Waals surface area contributed by atoms with Crippen LogP contribution in [0.3, 0.4) is 0 Å². The Balaban J connectivity index is 2.04. The summed E-state index contributed by atoms with van der Waals surface area (Å²) in [5, 5.41) is 4.61. The molecule has 1 fully saturated rings. The molecule has 3 rings (SSSR count). The number of thioether (sulfide) groups is 1. The zero-order chi connectivity index (χ0) is 14.3. The van der Waals surface area contributed by atoms with E-state index in [-0.39, 0.29) is 4.75 Å². The van der Waals surface area contributed by atoms with Crippen LogP contribution < -0.4 is 5.73 Å². The molecule has 20 heavy (non-hydrogen) atoms. The summed E-state index contributed by atoms with van der Waals surface area (Å²) in [6.07, 6.45) is 4.58. The minimum Gasteiger partial charge on any atom is -0.369 e. The molecule has 2 aromatic heterocycles. The van der Waals surface area contributed by atoms with Crippen molar-refractivity contribution in [3.8, 4) is 0 Å². The van der Waals surface area contributed by atoms with Gasteiger partial charge in [0, 0.05) is 18.3 Å². The van der Waals surface area contributed by atoms with E-state index in [0.29, 0.717) is 5.95 Å². The predicted octanol–water partition coefficient (Wildman–Crippen LogP) is 2.59. The number of nitrogens with two attached hydrogens (primary N) is 1. The lowest BCUT2D eigenvalue weighted by molar-refractivity contribution is 0.515. The summed E-state index contributed by atoms with van der Waals surface area (Å²) in [6.45, 7) is 5.42. The monoisotopic (exact) mass is 293 g/mol. The molecule has 1 aliphatic rings. The highest BCUT2D eigenvalue weighted by Gasteiger charge is 2.32. The van der Waals surface area contributed by atoms with Crippen LogP contribution in [0.4, 0.5) is 5.95 Å². The van der Waals surface area contributed by atoms with Crippen LogP contribution in [0.1, 0.15) is 38.8 Å². The van der Waals surface area contributed by atoms with Crippen molar-refractivity contribution in [1.29, 1.82) is 0 Å². The van der Waals surface area contributed by atoms with Gasteiger partial charge in [-0.1, -0.05) is 13.3 Å². The van der Waals surface area contributed by atoms with Gasteiger partial charge in [0.15, 0.2) is 5.65 Å². The van der Waals surface area contributed by atoms with Crippen LogP contribution in [0.25, 0.3) is 11.2 Å². The van der Waals surface area contributed by atoms with Crippen LogP contribution in [-0.2, 0) is 20.0 Å². The van der Waals surface area contributed by atoms with Crippen LogP contribution >= 0.6 is 11.8 Å². The Hall–Kier alpha value is -1.17. The van der Waals surface area contributed by atoms with E-state index in [2.05, 4.69) is 28.5 Å². The van der Waals surface area contributed by atoms with E-state index < -0.39 is 0 Å². The number of nitrogen functional groups attached to an aromatic ring is 1. The van der Waals surface area contributed by atoms with E-state index in [1.165, 1.54) is 18.6 Å². The van der Waals surface area contributed by atoms with Crippen LogP contribution in [0.5, 0.6) is 0 Å². The van der Waals surface area contributed by atoms with E-state index in [9.17, 15) is 0 Å². The number of anilines is 1. The summed E-state index contributed by atoms with van der Waals surface area (Å²) in [5.41, 5.74) is 9.29. The third kappa shape index (κ3) is 2.20. The molecule has 110 valence electrons. The van der Waals surface area contributed by atoms with Crippen molar-refractivity contribution in [3.05, 3.63) is 5.69 Å². The van der Waals surface area contributed by atoms with Crippen molar-refractivity contribution in [3.63, 3.8) is 0 Å². The second-order valence-corrected chi connectivity index (χ2v) is 7.63. The number of rotatable bonds is 4. The molecule has 3 heterocycles. The van der Waals surface area contributed by atoms with Gasteiger partial charge in [-0.3, -0.25) is 9.25 Å². The second-order valence-electron chi connectivity index (χ2n) is 5.95. The molecule has 5 nitrogen and oxygen atoms in total. The smallest absolute Gasteiger partial charge is 0.202 e. The molecular formula is C14H23N5S. The van der Waals surface area contributed by atoms with Gasteiger partial charge in [-0.05, 0) is 31.9 Å². The maximum atomic E-state index is 6.17. The van der Waals surface area contributed by atoms with Crippen molar-refractivity contribution in [2.45, 2.75) is 50.8 Å². The number of fused-ring (bicyclic) bond motifs is 1. The molecule has 0 saturated carbocycles. The van der Waals surface area contributed by atoms with Gasteiger partial charge in [-0.25, -0.2) is 4.98 Å². The van der Waals surface area contributed by atoms with Crippen LogP contribution in [0, 0.1) is 0 Å². The normalized spacial score (nSPS) is 22.9. The molecular weight excluding hydrogens is 270 g/mol. The number of aryl methyl sites for hydroxylation is 2. The maximum absolute atomic E-state index is 6.17. The van der Waals surface area contributed by atoms with E-state index >= 15 is 0 Å². The zero-order valence-electron chi connectivity index (χ0n) is 12.5. The summed E-state index contributed by atoms with van der Waals surface area (Å²) >= 11 is 2.05. The predicted molar refractivity (Wildman–Crippen MR) is 85.0 cm³/mol. The fourth-order valence-electron chi connectivity index (χ4n) is 3.12. The standard InChI is InChI=1S/C14H23N5S/c1-4-6-10-11-12(18(3)17-10)19(13(15)16-11)9-14(2)7-5-8-20-14/h4-9H2,1-3H3,(H2,15,16). The third-order valence-electron chi connectivity index (χ3n) is 4.10. The Kier molecular flexibility index (Phi) is 3.44. The largest absolute Gasteiger partial charge is 0.369 e. The lowest BCUT2D eigenvalue weighted by atomic mass is 10.1. The Bertz CT molecular complexity index is 621. The first-order valence-electron chi connectivity index (χ1n) is 7.35. The van der Waals surface area contributed by atoms with Gasteiger partial charge >= 0.3 is 0 Å². The van der Waals surface area contributed by atoms with Gasteiger partial charge in [-0.2, -0.15) is 16.9 Å². The quantitative estimate of drug-likeness (QED) is 0.941. The highest BCUT2D eigenvalue weighted by molar-refractivity contribution is 8.00. The third-order valence-corrected chi connectivity index (χ3v) is 5.62. The molecule has 0 radical (unpaired) electrons. The summed E-state index contributed by atoms with van der Waals surface area (Å²) in [7, 11) is 1.99. The van der Waals surface area contributed by atoms with Gasteiger partial charge in [0.05, 0.1) is 5.69 Å². The first-order chi connectivity index (χ1) is 9.54. The fourth-order valence-corrected chi connectivity index (χ4v) is 4.41. The first-order valence-corrected chi connectivity index (χ1v) is 8.34. The minimum absolute atomic E-state index is 0.275. The van der Waals surface area contributed by atoms with Crippen molar-refractivity contribution < 1.29 is 0 Å². The molecule has 1 aliphatic heterocycles. The van der Waals surface area contributed by atoms with Gasteiger partial charge < -0.3 is 5.73 Å². The Morgan fingerprint density at radius 2 is 2.25 bits per heavy atom. The van der Waals surface area contributed by atoms with Gasteiger partial charge in [0.2, 0.25) is 5.95 Å². The van der Waals surface area contributed by atoms with E-state index in [4.69, 9.17) is 5.73 Å². The summed E-state index contributed by atoms with van der Waals surface area (Å²) in [4.78, 5) is 4.57. The topological polar surface area (TPSA) is 61.7 Å². The van der Waals surface area contributed by atoms with Crippen LogP contribution in [0.2, 0.25) is 0 Å². The molecule has 0 aromatic carbocycles. The minimum atomic E-state index is 0.275. The lowest BCUT2D eigenvalue weighted by Gasteiger charge is -2.23. The van der Waals surface area contributed by atoms with Gasteiger partial charge in [0.25, 0.3) is 0 Å². The number of hydrogen-bond acceptors (Lipinski definition) is 4. The lowest BCUT2D eigenvalue weighted by Crippen LogP contribution is -2.25. The maximum Gasteiger partial charge on any atom is 0.202 e. The number of aromatic nitrogens is 4. The highest BCUT2D eigenvalue weighted by Crippen LogP contribution is 2.40. The average Bonchev–Trinajstić information content (AvgIpc) is 3.02. The summed E-state index contributed by atoms with van der Waals surface area (Å²) in [5.74, 6) is 1.87. The zero-order valence-corrected chi connectivity index (χ0v) is 13.3. The van der Waals surface area contributed by atoms with Crippen molar-refractivity contribution in [2.75, 3.05) is 11.5 Å². The molecule has 1 atom stereocenters. The fraction of sp³-hybridized carbons (Fsp3) is 0.714. The number of hydrogen-bond donors (Lipinski definition) is 1. The van der Waals surface area contributed by atoms with E-state index in [1.54, 1.807) is 0 Å². The molecule has 1 unspecified atom stereocenters. The van der Waals surface area contributed by atoms with Crippen molar-refractivity contribution >= 4 is 28.9 Å². The highest BCUT2D eigenvalue weighted by atomic mass is 32.2. The molecule has 0 spiro atoms. The molecule has 2 aromatic rings. The first kappa shape index (κ1) is 13.8. The molecule has 0 aliphatic carbocycles. The second kappa shape index (κ2) is 4.98. The molecule has 0 bridgehead atoms. The summed E-state index contributed by atoms with van der Waals surface area (Å²) in [6, 6.07) is 0. The number of nitrogens with zero attached hydrogens (tertiary/aromatic N) is 4. The van der Waals surface area contributed by atoms with E-state index in [1.807, 2.05) is 23.5 Å².